The molecule has 0 saturated carbocycles. The zero-order valence-electron chi connectivity index (χ0n) is 9.18. The number of amides is 1. The van der Waals surface area contributed by atoms with Crippen LogP contribution in [0, 0.1) is 0 Å². The van der Waals surface area contributed by atoms with Crippen molar-refractivity contribution >= 4 is 5.91 Å². The topological polar surface area (TPSA) is 121 Å². The Bertz CT molecular complexity index is 309. The van der Waals surface area contributed by atoms with E-state index in [4.69, 9.17) is 0 Å². The quantitative estimate of drug-likeness (QED) is 0.332. The molecule has 0 bridgehead atoms. The van der Waals surface area contributed by atoms with Crippen LogP contribution in [0.2, 0.25) is 0 Å². The second-order valence-electron chi connectivity index (χ2n) is 4.69. The zero-order valence-corrected chi connectivity index (χ0v) is 9.18. The molecule has 17 heavy (non-hydrogen) atoms. The molecule has 0 aromatic heterocycles. The standard InChI is InChI=1S/C10H17NO6/c12-3-5-8(15)6(13)1-4-2-7(14)9(16)10(17)11(4)5/h4-9,12-16H,1-3H2/t4-,5-,6+,7+,8-,9+/m0/s1. The molecule has 6 atom stereocenters. The second kappa shape index (κ2) is 4.51. The molecule has 1 amide bonds. The summed E-state index contributed by atoms with van der Waals surface area (Å²) in [6, 6.07) is -1.39. The van der Waals surface area contributed by atoms with Gasteiger partial charge >= 0.3 is 0 Å². The van der Waals surface area contributed by atoms with Gasteiger partial charge in [0.2, 0.25) is 0 Å². The number of aliphatic hydroxyl groups is 5. The van der Waals surface area contributed by atoms with Crippen molar-refractivity contribution in [2.75, 3.05) is 6.61 Å². The van der Waals surface area contributed by atoms with Gasteiger partial charge in [-0.1, -0.05) is 0 Å². The maximum atomic E-state index is 11.8. The predicted octanol–water partition coefficient (Wildman–Crippen LogP) is -3.20. The van der Waals surface area contributed by atoms with Crippen molar-refractivity contribution in [1.82, 2.24) is 4.90 Å². The minimum atomic E-state index is -1.53. The Morgan fingerprint density at radius 1 is 1.12 bits per heavy atom. The highest BCUT2D eigenvalue weighted by atomic mass is 16.3. The molecule has 2 heterocycles. The Morgan fingerprint density at radius 2 is 1.71 bits per heavy atom. The fraction of sp³-hybridized carbons (Fsp3) is 0.900. The van der Waals surface area contributed by atoms with Crippen molar-refractivity contribution in [2.45, 2.75) is 49.3 Å². The largest absolute Gasteiger partial charge is 0.394 e. The van der Waals surface area contributed by atoms with E-state index < -0.39 is 49.0 Å². The van der Waals surface area contributed by atoms with Crippen LogP contribution < -0.4 is 0 Å². The summed E-state index contributed by atoms with van der Waals surface area (Å²) < 4.78 is 0. The van der Waals surface area contributed by atoms with Gasteiger partial charge < -0.3 is 30.4 Å². The number of aliphatic hydroxyl groups excluding tert-OH is 5. The van der Waals surface area contributed by atoms with Gasteiger partial charge in [-0.2, -0.15) is 0 Å². The molecule has 0 radical (unpaired) electrons. The summed E-state index contributed by atoms with van der Waals surface area (Å²) in [5.41, 5.74) is 0. The number of hydrogen-bond donors (Lipinski definition) is 5. The van der Waals surface area contributed by atoms with E-state index in [2.05, 4.69) is 0 Å². The molecule has 0 aromatic rings. The summed E-state index contributed by atoms with van der Waals surface area (Å²) >= 11 is 0. The molecule has 0 spiro atoms. The van der Waals surface area contributed by atoms with E-state index in [-0.39, 0.29) is 12.8 Å². The second-order valence-corrected chi connectivity index (χ2v) is 4.69. The smallest absolute Gasteiger partial charge is 0.254 e. The summed E-state index contributed by atoms with van der Waals surface area (Å²) in [5, 5.41) is 47.5. The van der Waals surface area contributed by atoms with Crippen LogP contribution in [0.3, 0.4) is 0 Å². The molecule has 0 aromatic carbocycles. The first-order valence-electron chi connectivity index (χ1n) is 5.62. The van der Waals surface area contributed by atoms with Gasteiger partial charge in [-0.3, -0.25) is 4.79 Å². The van der Waals surface area contributed by atoms with E-state index in [1.165, 1.54) is 4.90 Å². The molecule has 7 nitrogen and oxygen atoms in total. The van der Waals surface area contributed by atoms with Crippen LogP contribution in [-0.2, 0) is 4.79 Å². The van der Waals surface area contributed by atoms with Crippen LogP contribution >= 0.6 is 0 Å². The number of carbonyl (C=O) groups is 1. The van der Waals surface area contributed by atoms with Crippen molar-refractivity contribution in [2.24, 2.45) is 0 Å². The van der Waals surface area contributed by atoms with Crippen LogP contribution in [-0.4, -0.2) is 79.4 Å². The molecule has 98 valence electrons. The molecule has 2 aliphatic rings. The van der Waals surface area contributed by atoms with Gasteiger partial charge in [0.05, 0.1) is 24.9 Å². The van der Waals surface area contributed by atoms with Crippen LogP contribution in [0.4, 0.5) is 0 Å². The molecular weight excluding hydrogens is 230 g/mol. The van der Waals surface area contributed by atoms with E-state index in [1.54, 1.807) is 0 Å². The molecule has 5 N–H and O–H groups in total. The summed E-state index contributed by atoms with van der Waals surface area (Å²) in [4.78, 5) is 13.0. The SMILES string of the molecule is O=C1[C@H](O)[C@H](O)C[C@@H]2C[C@@H](O)[C@@H](O)[C@H](CO)N12. The molecular formula is C10H17NO6. The summed E-state index contributed by atoms with van der Waals surface area (Å²) in [7, 11) is 0. The molecule has 2 rings (SSSR count). The first-order chi connectivity index (χ1) is 7.97. The minimum absolute atomic E-state index is 0.132. The van der Waals surface area contributed by atoms with Crippen LogP contribution in [0.15, 0.2) is 0 Å². The Balaban J connectivity index is 2.26. The third-order valence-electron chi connectivity index (χ3n) is 3.63. The van der Waals surface area contributed by atoms with Gasteiger partial charge in [0, 0.05) is 6.04 Å². The van der Waals surface area contributed by atoms with Gasteiger partial charge in [-0.25, -0.2) is 0 Å². The Kier molecular flexibility index (Phi) is 3.37. The average Bonchev–Trinajstić information content (AvgIpc) is 2.29. The summed E-state index contributed by atoms with van der Waals surface area (Å²) in [5.74, 6) is -0.709. The summed E-state index contributed by atoms with van der Waals surface area (Å²) in [6.45, 7) is -0.497. The van der Waals surface area contributed by atoms with E-state index in [9.17, 15) is 30.3 Å². The third-order valence-corrected chi connectivity index (χ3v) is 3.63. The molecule has 0 aliphatic carbocycles. The number of fused-ring (bicyclic) bond motifs is 1. The Hall–Kier alpha value is -0.730. The lowest BCUT2D eigenvalue weighted by molar-refractivity contribution is -0.183. The van der Waals surface area contributed by atoms with Crippen molar-refractivity contribution in [1.29, 1.82) is 0 Å². The number of nitrogens with zero attached hydrogens (tertiary/aromatic N) is 1. The lowest BCUT2D eigenvalue weighted by atomic mass is 9.83. The van der Waals surface area contributed by atoms with Gasteiger partial charge in [0.25, 0.3) is 5.91 Å². The fourth-order valence-electron chi connectivity index (χ4n) is 2.70. The monoisotopic (exact) mass is 247 g/mol. The first-order valence-corrected chi connectivity index (χ1v) is 5.62. The van der Waals surface area contributed by atoms with E-state index >= 15 is 0 Å². The van der Waals surface area contributed by atoms with E-state index in [1.807, 2.05) is 0 Å². The highest BCUT2D eigenvalue weighted by Crippen LogP contribution is 2.31. The Labute approximate surface area is 97.9 Å². The van der Waals surface area contributed by atoms with Crippen LogP contribution in [0.1, 0.15) is 12.8 Å². The van der Waals surface area contributed by atoms with Gasteiger partial charge in [0.15, 0.2) is 6.10 Å². The Morgan fingerprint density at radius 3 is 2.29 bits per heavy atom. The fourth-order valence-corrected chi connectivity index (χ4v) is 2.70. The third kappa shape index (κ3) is 1.94. The maximum absolute atomic E-state index is 11.8. The molecule has 7 heteroatoms. The van der Waals surface area contributed by atoms with Crippen molar-refractivity contribution in [3.63, 3.8) is 0 Å². The number of rotatable bonds is 1. The van der Waals surface area contributed by atoms with Crippen molar-refractivity contribution in [3.8, 4) is 0 Å². The van der Waals surface area contributed by atoms with Crippen LogP contribution in [0.5, 0.6) is 0 Å². The summed E-state index contributed by atoms with van der Waals surface area (Å²) in [6.07, 6.45) is -4.69. The highest BCUT2D eigenvalue weighted by Gasteiger charge is 2.50. The molecule has 2 saturated heterocycles. The number of piperidine rings is 2. The van der Waals surface area contributed by atoms with Crippen LogP contribution in [0.25, 0.3) is 0 Å². The van der Waals surface area contributed by atoms with Gasteiger partial charge in [-0.15, -0.1) is 0 Å². The maximum Gasteiger partial charge on any atom is 0.254 e. The highest BCUT2D eigenvalue weighted by molar-refractivity contribution is 5.83. The lowest BCUT2D eigenvalue weighted by Gasteiger charge is -2.50. The molecule has 0 unspecified atom stereocenters. The molecule has 2 aliphatic heterocycles. The van der Waals surface area contributed by atoms with E-state index in [0.29, 0.717) is 0 Å². The van der Waals surface area contributed by atoms with Gasteiger partial charge in [-0.05, 0) is 12.8 Å². The minimum Gasteiger partial charge on any atom is -0.394 e. The predicted molar refractivity (Wildman–Crippen MR) is 54.8 cm³/mol. The van der Waals surface area contributed by atoms with Crippen molar-refractivity contribution in [3.05, 3.63) is 0 Å². The normalized spacial score (nSPS) is 46.9. The van der Waals surface area contributed by atoms with Gasteiger partial charge in [0.1, 0.15) is 6.10 Å². The zero-order chi connectivity index (χ0) is 12.7. The average molecular weight is 247 g/mol. The molecule has 2 fully saturated rings. The lowest BCUT2D eigenvalue weighted by Crippen LogP contribution is -2.68. The first kappa shape index (κ1) is 12.7. The van der Waals surface area contributed by atoms with Crippen molar-refractivity contribution < 1.29 is 30.3 Å². The number of hydrogen-bond acceptors (Lipinski definition) is 6. The number of carbonyl (C=O) groups excluding carboxylic acids is 1. The van der Waals surface area contributed by atoms with E-state index in [0.717, 1.165) is 0 Å².